The van der Waals surface area contributed by atoms with E-state index < -0.39 is 29.7 Å². The van der Waals surface area contributed by atoms with Crippen LogP contribution >= 0.6 is 0 Å². The fourth-order valence-electron chi connectivity index (χ4n) is 3.32. The van der Waals surface area contributed by atoms with E-state index in [4.69, 9.17) is 14.2 Å². The van der Waals surface area contributed by atoms with Crippen molar-refractivity contribution in [2.45, 2.75) is 64.7 Å². The van der Waals surface area contributed by atoms with Crippen molar-refractivity contribution in [3.8, 4) is 0 Å². The summed E-state index contributed by atoms with van der Waals surface area (Å²) in [6.07, 6.45) is 3.02. The summed E-state index contributed by atoms with van der Waals surface area (Å²) in [4.78, 5) is 53.1. The molecule has 0 fully saturated rings. The van der Waals surface area contributed by atoms with Crippen molar-refractivity contribution >= 4 is 29.8 Å². The fraction of sp³-hybridized carbons (Fsp3) is 0.444. The number of aryl methyl sites for hydroxylation is 1. The number of amides is 3. The Kier molecular flexibility index (Phi) is 12.0. The fourth-order valence-corrected chi connectivity index (χ4v) is 3.32. The molecule has 38 heavy (non-hydrogen) atoms. The number of pyridine rings is 1. The largest absolute Gasteiger partial charge is 0.469 e. The van der Waals surface area contributed by atoms with Gasteiger partial charge in [-0.05, 0) is 57.7 Å². The standard InChI is InChI=1S/C27H36N4O7/c1-27(2,3)38-26(35)31-22(12-8-16-29-25(34)37-18-19-9-7-15-28-17-19)24(33)30-21-11-6-5-10-20(21)13-14-23(32)36-4/h5-7,9-11,15,17,22H,8,12-14,16,18H2,1-4H3,(H,29,34)(H,30,33)(H,31,35)/t22-/m0/s1. The Bertz CT molecular complexity index is 1070. The predicted octanol–water partition coefficient (Wildman–Crippen LogP) is 3.73. The second-order valence-corrected chi connectivity index (χ2v) is 9.43. The minimum absolute atomic E-state index is 0.0836. The molecule has 206 valence electrons. The number of methoxy groups -OCH3 is 1. The monoisotopic (exact) mass is 528 g/mol. The molecule has 2 aromatic rings. The first kappa shape index (κ1) is 30.1. The maximum Gasteiger partial charge on any atom is 0.408 e. The number of anilines is 1. The molecule has 1 atom stereocenters. The maximum atomic E-state index is 13.2. The predicted molar refractivity (Wildman–Crippen MR) is 140 cm³/mol. The summed E-state index contributed by atoms with van der Waals surface area (Å²) in [5.41, 5.74) is 1.29. The number of hydrogen-bond acceptors (Lipinski definition) is 8. The van der Waals surface area contributed by atoms with Gasteiger partial charge in [0.1, 0.15) is 18.2 Å². The van der Waals surface area contributed by atoms with Crippen molar-refractivity contribution in [1.82, 2.24) is 15.6 Å². The van der Waals surface area contributed by atoms with E-state index >= 15 is 0 Å². The van der Waals surface area contributed by atoms with E-state index in [-0.39, 0.29) is 32.0 Å². The van der Waals surface area contributed by atoms with Crippen LogP contribution in [0.4, 0.5) is 15.3 Å². The molecule has 0 aliphatic rings. The lowest BCUT2D eigenvalue weighted by atomic mass is 10.1. The van der Waals surface area contributed by atoms with Crippen molar-refractivity contribution in [2.75, 3.05) is 19.0 Å². The zero-order valence-electron chi connectivity index (χ0n) is 22.2. The molecule has 2 rings (SSSR count). The zero-order chi connectivity index (χ0) is 28.0. The molecule has 0 spiro atoms. The van der Waals surface area contributed by atoms with Crippen molar-refractivity contribution in [3.63, 3.8) is 0 Å². The van der Waals surface area contributed by atoms with Gasteiger partial charge in [-0.1, -0.05) is 24.3 Å². The van der Waals surface area contributed by atoms with Crippen LogP contribution in [-0.2, 0) is 36.8 Å². The van der Waals surface area contributed by atoms with Gasteiger partial charge in [0.2, 0.25) is 5.91 Å². The number of para-hydroxylation sites is 1. The topological polar surface area (TPSA) is 145 Å². The Labute approximate surface area is 222 Å². The summed E-state index contributed by atoms with van der Waals surface area (Å²) in [5.74, 6) is -0.817. The average molecular weight is 529 g/mol. The highest BCUT2D eigenvalue weighted by molar-refractivity contribution is 5.97. The number of rotatable bonds is 12. The number of esters is 1. The highest BCUT2D eigenvalue weighted by Gasteiger charge is 2.25. The van der Waals surface area contributed by atoms with Crippen LogP contribution in [0.15, 0.2) is 48.8 Å². The van der Waals surface area contributed by atoms with E-state index in [1.54, 1.807) is 69.6 Å². The molecule has 1 aromatic carbocycles. The van der Waals surface area contributed by atoms with E-state index in [2.05, 4.69) is 20.9 Å². The van der Waals surface area contributed by atoms with Crippen LogP contribution in [0, 0.1) is 0 Å². The Hall–Kier alpha value is -4.15. The minimum Gasteiger partial charge on any atom is -0.469 e. The molecule has 1 heterocycles. The van der Waals surface area contributed by atoms with Crippen LogP contribution in [0.25, 0.3) is 0 Å². The molecular formula is C27H36N4O7. The quantitative estimate of drug-likeness (QED) is 0.215. The number of benzene rings is 1. The third-order valence-corrected chi connectivity index (χ3v) is 5.14. The van der Waals surface area contributed by atoms with Gasteiger partial charge in [0.05, 0.1) is 7.11 Å². The van der Waals surface area contributed by atoms with Gasteiger partial charge in [0.15, 0.2) is 0 Å². The molecule has 0 aliphatic heterocycles. The number of aromatic nitrogens is 1. The van der Waals surface area contributed by atoms with Crippen molar-refractivity contribution in [2.24, 2.45) is 0 Å². The summed E-state index contributed by atoms with van der Waals surface area (Å²) in [6.45, 7) is 5.47. The molecule has 0 bridgehead atoms. The van der Waals surface area contributed by atoms with Crippen LogP contribution in [0.1, 0.15) is 51.2 Å². The average Bonchev–Trinajstić information content (AvgIpc) is 2.88. The Morgan fingerprint density at radius 1 is 1.03 bits per heavy atom. The number of carbonyl (C=O) groups is 4. The molecule has 11 heteroatoms. The third-order valence-electron chi connectivity index (χ3n) is 5.14. The third kappa shape index (κ3) is 11.7. The van der Waals surface area contributed by atoms with Crippen LogP contribution in [0.3, 0.4) is 0 Å². The van der Waals surface area contributed by atoms with Gasteiger partial charge in [-0.2, -0.15) is 0 Å². The Morgan fingerprint density at radius 2 is 1.79 bits per heavy atom. The molecular weight excluding hydrogens is 492 g/mol. The maximum absolute atomic E-state index is 13.2. The number of ether oxygens (including phenoxy) is 3. The van der Waals surface area contributed by atoms with Gasteiger partial charge in [-0.15, -0.1) is 0 Å². The molecule has 0 saturated heterocycles. The number of alkyl carbamates (subject to hydrolysis) is 2. The van der Waals surface area contributed by atoms with E-state index in [0.29, 0.717) is 18.5 Å². The Balaban J connectivity index is 1.96. The molecule has 0 radical (unpaired) electrons. The number of hydrogen-bond donors (Lipinski definition) is 3. The summed E-state index contributed by atoms with van der Waals surface area (Å²) < 4.78 is 15.2. The second-order valence-electron chi connectivity index (χ2n) is 9.43. The van der Waals surface area contributed by atoms with Gasteiger partial charge < -0.3 is 30.2 Å². The van der Waals surface area contributed by atoms with Gasteiger partial charge in [0, 0.05) is 36.6 Å². The van der Waals surface area contributed by atoms with Crippen molar-refractivity contribution in [1.29, 1.82) is 0 Å². The van der Waals surface area contributed by atoms with E-state index in [1.165, 1.54) is 7.11 Å². The Morgan fingerprint density at radius 3 is 2.47 bits per heavy atom. The molecule has 1 aromatic heterocycles. The number of nitrogens with zero attached hydrogens (tertiary/aromatic N) is 1. The summed E-state index contributed by atoms with van der Waals surface area (Å²) in [7, 11) is 1.32. The first-order valence-electron chi connectivity index (χ1n) is 12.3. The van der Waals surface area contributed by atoms with E-state index in [9.17, 15) is 19.2 Å². The number of nitrogens with one attached hydrogen (secondary N) is 3. The SMILES string of the molecule is COC(=O)CCc1ccccc1NC(=O)[C@H](CCCNC(=O)OCc1cccnc1)NC(=O)OC(C)(C)C. The second kappa shape index (κ2) is 15.2. The lowest BCUT2D eigenvalue weighted by molar-refractivity contribution is -0.140. The van der Waals surface area contributed by atoms with Gasteiger partial charge in [0.25, 0.3) is 0 Å². The highest BCUT2D eigenvalue weighted by atomic mass is 16.6. The summed E-state index contributed by atoms with van der Waals surface area (Å²) >= 11 is 0. The van der Waals surface area contributed by atoms with Crippen LogP contribution in [0.5, 0.6) is 0 Å². The molecule has 3 amide bonds. The first-order valence-corrected chi connectivity index (χ1v) is 12.3. The smallest absolute Gasteiger partial charge is 0.408 e. The molecule has 11 nitrogen and oxygen atoms in total. The van der Waals surface area contributed by atoms with Crippen molar-refractivity contribution in [3.05, 3.63) is 59.9 Å². The zero-order valence-corrected chi connectivity index (χ0v) is 22.2. The summed E-state index contributed by atoms with van der Waals surface area (Å²) in [6, 6.07) is 9.68. The van der Waals surface area contributed by atoms with Crippen LogP contribution in [-0.4, -0.2) is 54.3 Å². The van der Waals surface area contributed by atoms with Crippen LogP contribution < -0.4 is 16.0 Å². The van der Waals surface area contributed by atoms with Crippen LogP contribution in [0.2, 0.25) is 0 Å². The van der Waals surface area contributed by atoms with Gasteiger partial charge in [-0.25, -0.2) is 9.59 Å². The lowest BCUT2D eigenvalue weighted by Crippen LogP contribution is -2.46. The normalized spacial score (nSPS) is 11.6. The van der Waals surface area contributed by atoms with E-state index in [0.717, 1.165) is 11.1 Å². The van der Waals surface area contributed by atoms with Gasteiger partial charge >= 0.3 is 18.2 Å². The number of carbonyl (C=O) groups excluding carboxylic acids is 4. The molecule has 0 unspecified atom stereocenters. The van der Waals surface area contributed by atoms with E-state index in [1.807, 2.05) is 0 Å². The summed E-state index contributed by atoms with van der Waals surface area (Å²) in [5, 5.41) is 8.07. The molecule has 3 N–H and O–H groups in total. The first-order chi connectivity index (χ1) is 18.1. The minimum atomic E-state index is -0.938. The van der Waals surface area contributed by atoms with Crippen molar-refractivity contribution < 1.29 is 33.4 Å². The molecule has 0 aliphatic carbocycles. The lowest BCUT2D eigenvalue weighted by Gasteiger charge is -2.23. The highest BCUT2D eigenvalue weighted by Crippen LogP contribution is 2.18. The van der Waals surface area contributed by atoms with Gasteiger partial charge in [-0.3, -0.25) is 14.6 Å². The molecule has 0 saturated carbocycles.